The fraction of sp³-hybridized carbons (Fsp3) is 0.238. The number of anilines is 1. The van der Waals surface area contributed by atoms with Crippen LogP contribution in [-0.4, -0.2) is 35.7 Å². The van der Waals surface area contributed by atoms with E-state index in [9.17, 15) is 12.8 Å². The summed E-state index contributed by atoms with van der Waals surface area (Å²) in [5, 5.41) is 0. The number of para-hydroxylation sites is 2. The molecule has 2 N–H and O–H groups in total. The summed E-state index contributed by atoms with van der Waals surface area (Å²) in [5.41, 5.74) is 8.18. The molecule has 0 radical (unpaired) electrons. The third-order valence-electron chi connectivity index (χ3n) is 5.35. The number of nitrogen functional groups attached to an aromatic ring is 1. The Labute approximate surface area is 172 Å². The molecule has 0 saturated carbocycles. The lowest BCUT2D eigenvalue weighted by molar-refractivity contribution is 0.0983. The first kappa shape index (κ1) is 19.0. The fourth-order valence-electron chi connectivity index (χ4n) is 3.86. The number of nitrogens with zero attached hydrogens (tertiary/aromatic N) is 3. The minimum atomic E-state index is -4.05. The van der Waals surface area contributed by atoms with Crippen molar-refractivity contribution in [2.75, 3.05) is 12.3 Å². The highest BCUT2D eigenvalue weighted by atomic mass is 32.2. The van der Waals surface area contributed by atoms with Crippen LogP contribution in [-0.2, 0) is 21.1 Å². The Kier molecular flexibility index (Phi) is 4.44. The predicted molar refractivity (Wildman–Crippen MR) is 110 cm³/mol. The number of hydrogen-bond donors (Lipinski definition) is 1. The zero-order chi connectivity index (χ0) is 20.9. The van der Waals surface area contributed by atoms with Crippen LogP contribution >= 0.6 is 0 Å². The van der Waals surface area contributed by atoms with E-state index in [1.165, 1.54) is 12.1 Å². The molecule has 7 nitrogen and oxygen atoms in total. The number of halogens is 1. The maximum Gasteiger partial charge on any atom is 0.212 e. The summed E-state index contributed by atoms with van der Waals surface area (Å²) in [6.45, 7) is 1.05. The average molecular weight is 426 g/mol. The highest BCUT2D eigenvalue weighted by Gasteiger charge is 2.31. The number of fused-ring (bicyclic) bond motifs is 2. The lowest BCUT2D eigenvalue weighted by Gasteiger charge is -2.13. The average Bonchev–Trinajstić information content (AvgIpc) is 3.34. The maximum absolute atomic E-state index is 13.5. The van der Waals surface area contributed by atoms with Crippen LogP contribution in [0.3, 0.4) is 0 Å². The number of nitrogens with two attached hydrogens (primary N) is 1. The van der Waals surface area contributed by atoms with Gasteiger partial charge in [0.2, 0.25) is 9.84 Å². The van der Waals surface area contributed by atoms with Crippen LogP contribution in [0.4, 0.5) is 10.2 Å². The fourth-order valence-corrected chi connectivity index (χ4v) is 5.37. The quantitative estimate of drug-likeness (QED) is 0.503. The first-order chi connectivity index (χ1) is 14.4. The summed E-state index contributed by atoms with van der Waals surface area (Å²) in [6, 6.07) is 11.9. The molecule has 2 aromatic heterocycles. The largest absolute Gasteiger partial charge is 0.384 e. The second-order valence-electron chi connectivity index (χ2n) is 7.30. The smallest absolute Gasteiger partial charge is 0.212 e. The summed E-state index contributed by atoms with van der Waals surface area (Å²) in [5.74, 6) is -0.464. The standard InChI is InChI=1S/C21H19FN4O3S/c22-13-7-9-15(10-8-13)30(27,28)19-18-21(25-17-6-2-1-5-16(17)24-18)26(20(19)23)12-14-4-3-11-29-14/h1-2,5-10,14H,3-4,11-12,23H2/t14-/m0/s1. The number of hydrogen-bond acceptors (Lipinski definition) is 6. The molecule has 0 spiro atoms. The molecule has 0 amide bonds. The summed E-state index contributed by atoms with van der Waals surface area (Å²) in [6.07, 6.45) is 1.73. The molecule has 1 aliphatic rings. The molecule has 3 heterocycles. The van der Waals surface area contributed by atoms with Crippen molar-refractivity contribution in [3.05, 3.63) is 54.3 Å². The van der Waals surface area contributed by atoms with E-state index >= 15 is 0 Å². The van der Waals surface area contributed by atoms with Crippen LogP contribution < -0.4 is 5.73 Å². The molecule has 5 rings (SSSR count). The van der Waals surface area contributed by atoms with Crippen molar-refractivity contribution in [2.45, 2.75) is 35.3 Å². The number of ether oxygens (including phenoxy) is 1. The molecule has 154 valence electrons. The third-order valence-corrected chi connectivity index (χ3v) is 7.18. The van der Waals surface area contributed by atoms with Gasteiger partial charge in [0.05, 0.1) is 28.6 Å². The van der Waals surface area contributed by atoms with Crippen molar-refractivity contribution >= 4 is 37.9 Å². The van der Waals surface area contributed by atoms with E-state index in [1.54, 1.807) is 10.6 Å². The van der Waals surface area contributed by atoms with E-state index in [0.29, 0.717) is 29.8 Å². The summed E-state index contributed by atoms with van der Waals surface area (Å²) in [7, 11) is -4.05. The molecule has 1 atom stereocenters. The Morgan fingerprint density at radius 2 is 1.80 bits per heavy atom. The molecule has 0 bridgehead atoms. The molecule has 1 fully saturated rings. The van der Waals surface area contributed by atoms with E-state index < -0.39 is 15.7 Å². The normalized spacial score (nSPS) is 17.2. The maximum atomic E-state index is 13.5. The number of aromatic nitrogens is 3. The van der Waals surface area contributed by atoms with Crippen LogP contribution in [0.25, 0.3) is 22.2 Å². The highest BCUT2D eigenvalue weighted by molar-refractivity contribution is 7.92. The number of benzene rings is 2. The van der Waals surface area contributed by atoms with Gasteiger partial charge in [0.15, 0.2) is 5.65 Å². The van der Waals surface area contributed by atoms with E-state index in [0.717, 1.165) is 25.0 Å². The van der Waals surface area contributed by atoms with Crippen LogP contribution in [0, 0.1) is 5.82 Å². The van der Waals surface area contributed by atoms with Gasteiger partial charge in [-0.05, 0) is 49.2 Å². The summed E-state index contributed by atoms with van der Waals surface area (Å²) < 4.78 is 47.7. The molecule has 30 heavy (non-hydrogen) atoms. The van der Waals surface area contributed by atoms with Gasteiger partial charge >= 0.3 is 0 Å². The molecule has 4 aromatic rings. The van der Waals surface area contributed by atoms with E-state index in [4.69, 9.17) is 10.5 Å². The monoisotopic (exact) mass is 426 g/mol. The van der Waals surface area contributed by atoms with Gasteiger partial charge in [-0.2, -0.15) is 0 Å². The van der Waals surface area contributed by atoms with Crippen molar-refractivity contribution in [1.82, 2.24) is 14.5 Å². The number of rotatable bonds is 4. The molecule has 2 aromatic carbocycles. The Bertz CT molecular complexity index is 1360. The molecule has 1 saturated heterocycles. The predicted octanol–water partition coefficient (Wildman–Crippen LogP) is 3.32. The first-order valence-corrected chi connectivity index (χ1v) is 11.1. The van der Waals surface area contributed by atoms with E-state index in [1.807, 2.05) is 18.2 Å². The Morgan fingerprint density at radius 1 is 1.10 bits per heavy atom. The molecule has 0 unspecified atom stereocenters. The van der Waals surface area contributed by atoms with E-state index in [2.05, 4.69) is 9.97 Å². The molecular weight excluding hydrogens is 407 g/mol. The van der Waals surface area contributed by atoms with Crippen LogP contribution in [0.2, 0.25) is 0 Å². The highest BCUT2D eigenvalue weighted by Crippen LogP contribution is 2.36. The second kappa shape index (κ2) is 7.03. The summed E-state index contributed by atoms with van der Waals surface area (Å²) >= 11 is 0. The van der Waals surface area contributed by atoms with Crippen molar-refractivity contribution in [3.63, 3.8) is 0 Å². The number of sulfone groups is 1. The van der Waals surface area contributed by atoms with Gasteiger partial charge in [-0.25, -0.2) is 22.8 Å². The SMILES string of the molecule is Nc1c(S(=O)(=O)c2ccc(F)cc2)c2nc3ccccc3nc2n1C[C@@H]1CCCO1. The van der Waals surface area contributed by atoms with E-state index in [-0.39, 0.29) is 27.2 Å². The first-order valence-electron chi connectivity index (χ1n) is 9.62. The minimum absolute atomic E-state index is 0.0540. The van der Waals surface area contributed by atoms with Gasteiger partial charge in [-0.1, -0.05) is 12.1 Å². The zero-order valence-electron chi connectivity index (χ0n) is 16.0. The van der Waals surface area contributed by atoms with Crippen molar-refractivity contribution in [1.29, 1.82) is 0 Å². The lowest BCUT2D eigenvalue weighted by Crippen LogP contribution is -2.17. The van der Waals surface area contributed by atoms with Gasteiger partial charge in [0.25, 0.3) is 0 Å². The van der Waals surface area contributed by atoms with Crippen LogP contribution in [0.1, 0.15) is 12.8 Å². The topological polar surface area (TPSA) is 100 Å². The van der Waals surface area contributed by atoms with Crippen LogP contribution in [0.15, 0.2) is 58.3 Å². The second-order valence-corrected chi connectivity index (χ2v) is 9.19. The van der Waals surface area contributed by atoms with Gasteiger partial charge < -0.3 is 15.0 Å². The van der Waals surface area contributed by atoms with Gasteiger partial charge in [0.1, 0.15) is 22.0 Å². The summed E-state index contributed by atoms with van der Waals surface area (Å²) in [4.78, 5) is 9.08. The van der Waals surface area contributed by atoms with Crippen LogP contribution in [0.5, 0.6) is 0 Å². The molecular formula is C21H19FN4O3S. The Balaban J connectivity index is 1.79. The Hall–Kier alpha value is -3.04. The van der Waals surface area contributed by atoms with Gasteiger partial charge in [0, 0.05) is 6.61 Å². The van der Waals surface area contributed by atoms with Crippen molar-refractivity contribution in [2.24, 2.45) is 0 Å². The molecule has 9 heteroatoms. The molecule has 1 aliphatic heterocycles. The van der Waals surface area contributed by atoms with Gasteiger partial charge in [-0.3, -0.25) is 0 Å². The van der Waals surface area contributed by atoms with Crippen molar-refractivity contribution < 1.29 is 17.5 Å². The molecule has 0 aliphatic carbocycles. The minimum Gasteiger partial charge on any atom is -0.384 e. The lowest BCUT2D eigenvalue weighted by atomic mass is 10.2. The third kappa shape index (κ3) is 3.01. The zero-order valence-corrected chi connectivity index (χ0v) is 16.8. The Morgan fingerprint density at radius 3 is 2.47 bits per heavy atom. The van der Waals surface area contributed by atoms with Crippen molar-refractivity contribution in [3.8, 4) is 0 Å². The van der Waals surface area contributed by atoms with Gasteiger partial charge in [-0.15, -0.1) is 0 Å².